The third-order valence-electron chi connectivity index (χ3n) is 4.86. The van der Waals surface area contributed by atoms with Gasteiger partial charge in [0, 0.05) is 30.1 Å². The molecule has 1 amide bonds. The van der Waals surface area contributed by atoms with E-state index in [9.17, 15) is 9.59 Å². The number of carbonyl (C=O) groups excluding carboxylic acids is 1. The van der Waals surface area contributed by atoms with Crippen molar-refractivity contribution >= 4 is 11.6 Å². The summed E-state index contributed by atoms with van der Waals surface area (Å²) in [6.07, 6.45) is 3.38. The largest absolute Gasteiger partial charge is 0.329 e. The zero-order valence-electron chi connectivity index (χ0n) is 14.2. The first-order chi connectivity index (χ1) is 12.1. The minimum Gasteiger partial charge on any atom is -0.329 e. The van der Waals surface area contributed by atoms with Crippen LogP contribution in [0.4, 0.5) is 0 Å². The molecule has 7 nitrogen and oxygen atoms in total. The highest BCUT2D eigenvalue weighted by atomic mass is 16.2. The van der Waals surface area contributed by atoms with E-state index in [1.54, 1.807) is 25.3 Å². The van der Waals surface area contributed by atoms with E-state index < -0.39 is 0 Å². The van der Waals surface area contributed by atoms with Crippen LogP contribution >= 0.6 is 0 Å². The molecule has 7 heteroatoms. The maximum Gasteiger partial charge on any atom is 0.275 e. The number of pyridine rings is 1. The van der Waals surface area contributed by atoms with Gasteiger partial charge in [-0.3, -0.25) is 19.7 Å². The Morgan fingerprint density at radius 3 is 2.92 bits per heavy atom. The van der Waals surface area contributed by atoms with Crippen molar-refractivity contribution in [1.29, 1.82) is 0 Å². The number of carbonyl (C=O) groups is 1. The predicted molar refractivity (Wildman–Crippen MR) is 92.5 cm³/mol. The SMILES string of the molecule is Cc1nc2cc([C@@H]3CCCN3C(=O)c3ccccn3)[nH]n2c(=O)c1C. The van der Waals surface area contributed by atoms with Crippen LogP contribution in [-0.4, -0.2) is 36.9 Å². The number of nitrogens with one attached hydrogen (secondary N) is 1. The van der Waals surface area contributed by atoms with Gasteiger partial charge in [-0.15, -0.1) is 0 Å². The maximum absolute atomic E-state index is 12.8. The Morgan fingerprint density at radius 1 is 1.32 bits per heavy atom. The van der Waals surface area contributed by atoms with E-state index in [-0.39, 0.29) is 17.5 Å². The van der Waals surface area contributed by atoms with Gasteiger partial charge in [0.25, 0.3) is 11.5 Å². The molecule has 1 aliphatic heterocycles. The molecule has 4 rings (SSSR count). The molecule has 0 unspecified atom stereocenters. The Bertz CT molecular complexity index is 1010. The number of hydrogen-bond acceptors (Lipinski definition) is 4. The van der Waals surface area contributed by atoms with Gasteiger partial charge in [-0.1, -0.05) is 6.07 Å². The predicted octanol–water partition coefficient (Wildman–Crippen LogP) is 2.01. The molecular weight excluding hydrogens is 318 g/mol. The summed E-state index contributed by atoms with van der Waals surface area (Å²) in [5.41, 5.74) is 3.10. The van der Waals surface area contributed by atoms with E-state index in [4.69, 9.17) is 0 Å². The topological polar surface area (TPSA) is 83.4 Å². The lowest BCUT2D eigenvalue weighted by molar-refractivity contribution is 0.0726. The molecule has 1 saturated heterocycles. The number of amides is 1. The second-order valence-corrected chi connectivity index (χ2v) is 6.40. The van der Waals surface area contributed by atoms with Crippen molar-refractivity contribution in [2.75, 3.05) is 6.54 Å². The zero-order valence-corrected chi connectivity index (χ0v) is 14.2. The fourth-order valence-electron chi connectivity index (χ4n) is 3.38. The summed E-state index contributed by atoms with van der Waals surface area (Å²) in [6, 6.07) is 7.09. The first-order valence-corrected chi connectivity index (χ1v) is 8.37. The Labute approximate surface area is 144 Å². The molecule has 128 valence electrons. The van der Waals surface area contributed by atoms with Crippen LogP contribution in [0.1, 0.15) is 46.3 Å². The highest BCUT2D eigenvalue weighted by molar-refractivity contribution is 5.92. The monoisotopic (exact) mass is 337 g/mol. The van der Waals surface area contributed by atoms with E-state index in [1.807, 2.05) is 24.0 Å². The number of aryl methyl sites for hydroxylation is 1. The number of hydrogen-bond donors (Lipinski definition) is 1. The lowest BCUT2D eigenvalue weighted by Crippen LogP contribution is -2.31. The maximum atomic E-state index is 12.8. The first-order valence-electron chi connectivity index (χ1n) is 8.37. The van der Waals surface area contributed by atoms with Gasteiger partial charge in [-0.05, 0) is 38.8 Å². The van der Waals surface area contributed by atoms with Gasteiger partial charge in [-0.25, -0.2) is 9.50 Å². The van der Waals surface area contributed by atoms with Crippen molar-refractivity contribution in [2.24, 2.45) is 0 Å². The van der Waals surface area contributed by atoms with Gasteiger partial charge in [0.2, 0.25) is 0 Å². The van der Waals surface area contributed by atoms with Crippen LogP contribution in [0.5, 0.6) is 0 Å². The number of nitrogens with zero attached hydrogens (tertiary/aromatic N) is 4. The van der Waals surface area contributed by atoms with Gasteiger partial charge in [0.15, 0.2) is 5.65 Å². The number of fused-ring (bicyclic) bond motifs is 1. The molecule has 0 spiro atoms. The smallest absolute Gasteiger partial charge is 0.275 e. The summed E-state index contributed by atoms with van der Waals surface area (Å²) in [5.74, 6) is -0.0885. The standard InChI is InChI=1S/C18H19N5O2/c1-11-12(2)20-16-10-14(21-23(16)17(11)24)15-7-5-9-22(15)18(25)13-6-3-4-8-19-13/h3-4,6,8,10,15,21H,5,7,9H2,1-2H3/t15-/m0/s1. The van der Waals surface area contributed by atoms with Crippen molar-refractivity contribution in [3.05, 3.63) is 63.5 Å². The van der Waals surface area contributed by atoms with Crippen LogP contribution in [0.25, 0.3) is 5.65 Å². The summed E-state index contributed by atoms with van der Waals surface area (Å²) >= 11 is 0. The fourth-order valence-corrected chi connectivity index (χ4v) is 3.38. The van der Waals surface area contributed by atoms with Crippen LogP contribution in [0.2, 0.25) is 0 Å². The molecule has 1 atom stereocenters. The minimum atomic E-state index is -0.102. The Hall–Kier alpha value is -2.96. The summed E-state index contributed by atoms with van der Waals surface area (Å²) in [6.45, 7) is 4.27. The summed E-state index contributed by atoms with van der Waals surface area (Å²) in [4.78, 5) is 35.7. The number of aromatic nitrogens is 4. The molecular formula is C18H19N5O2. The molecule has 4 heterocycles. The van der Waals surface area contributed by atoms with Crippen molar-refractivity contribution < 1.29 is 4.79 Å². The van der Waals surface area contributed by atoms with E-state index in [2.05, 4.69) is 15.1 Å². The minimum absolute atomic E-state index is 0.0885. The first kappa shape index (κ1) is 15.6. The highest BCUT2D eigenvalue weighted by Crippen LogP contribution is 2.32. The second kappa shape index (κ2) is 5.84. The summed E-state index contributed by atoms with van der Waals surface area (Å²) in [5, 5.41) is 3.14. The van der Waals surface area contributed by atoms with Crippen LogP contribution < -0.4 is 5.56 Å². The molecule has 0 aromatic carbocycles. The molecule has 25 heavy (non-hydrogen) atoms. The average Bonchev–Trinajstić information content (AvgIpc) is 3.26. The Morgan fingerprint density at radius 2 is 2.16 bits per heavy atom. The highest BCUT2D eigenvalue weighted by Gasteiger charge is 2.32. The van der Waals surface area contributed by atoms with Crippen molar-refractivity contribution in [1.82, 2.24) is 24.5 Å². The van der Waals surface area contributed by atoms with E-state index >= 15 is 0 Å². The molecule has 1 aliphatic rings. The fraction of sp³-hybridized carbons (Fsp3) is 0.333. The number of H-pyrrole nitrogens is 1. The molecule has 0 aliphatic carbocycles. The van der Waals surface area contributed by atoms with Crippen LogP contribution in [0, 0.1) is 13.8 Å². The van der Waals surface area contributed by atoms with Crippen LogP contribution in [0.3, 0.4) is 0 Å². The third-order valence-corrected chi connectivity index (χ3v) is 4.86. The van der Waals surface area contributed by atoms with Gasteiger partial charge in [0.1, 0.15) is 5.69 Å². The molecule has 3 aromatic rings. The lowest BCUT2D eigenvalue weighted by atomic mass is 10.1. The van der Waals surface area contributed by atoms with Crippen molar-refractivity contribution in [2.45, 2.75) is 32.7 Å². The molecule has 3 aromatic heterocycles. The summed E-state index contributed by atoms with van der Waals surface area (Å²) in [7, 11) is 0. The van der Waals surface area contributed by atoms with Gasteiger partial charge in [-0.2, -0.15) is 0 Å². The normalized spacial score (nSPS) is 17.4. The van der Waals surface area contributed by atoms with E-state index in [1.165, 1.54) is 4.52 Å². The van der Waals surface area contributed by atoms with Crippen LogP contribution in [-0.2, 0) is 0 Å². The Balaban J connectivity index is 1.73. The van der Waals surface area contributed by atoms with Gasteiger partial charge < -0.3 is 4.90 Å². The zero-order chi connectivity index (χ0) is 17.6. The lowest BCUT2D eigenvalue weighted by Gasteiger charge is -2.23. The van der Waals surface area contributed by atoms with E-state index in [0.717, 1.165) is 24.2 Å². The molecule has 0 bridgehead atoms. The van der Waals surface area contributed by atoms with Crippen LogP contribution in [0.15, 0.2) is 35.3 Å². The van der Waals surface area contributed by atoms with E-state index in [0.29, 0.717) is 23.4 Å². The molecule has 0 saturated carbocycles. The van der Waals surface area contributed by atoms with Gasteiger partial charge >= 0.3 is 0 Å². The molecule has 1 fully saturated rings. The summed E-state index contributed by atoms with van der Waals surface area (Å²) < 4.78 is 1.46. The van der Waals surface area contributed by atoms with Gasteiger partial charge in [0.05, 0.1) is 11.7 Å². The molecule has 0 radical (unpaired) electrons. The Kier molecular flexibility index (Phi) is 3.63. The quantitative estimate of drug-likeness (QED) is 0.775. The van der Waals surface area contributed by atoms with Crippen molar-refractivity contribution in [3.8, 4) is 0 Å². The second-order valence-electron chi connectivity index (χ2n) is 6.40. The number of likely N-dealkylation sites (tertiary alicyclic amines) is 1. The van der Waals surface area contributed by atoms with Crippen molar-refractivity contribution in [3.63, 3.8) is 0 Å². The number of rotatable bonds is 2. The number of aromatic amines is 1. The molecule has 1 N–H and O–H groups in total. The third kappa shape index (κ3) is 2.52. The average molecular weight is 337 g/mol.